The van der Waals surface area contributed by atoms with E-state index in [2.05, 4.69) is 19.3 Å². The Morgan fingerprint density at radius 3 is 2.74 bits per heavy atom. The van der Waals surface area contributed by atoms with Crippen molar-refractivity contribution in [3.8, 4) is 0 Å². The zero-order valence-electron chi connectivity index (χ0n) is 11.3. The summed E-state index contributed by atoms with van der Waals surface area (Å²) in [5.74, 6) is 5.05. The lowest BCUT2D eigenvalue weighted by Crippen LogP contribution is -2.36. The quantitative estimate of drug-likeness (QED) is 0.635. The molecular formula is C14H20FN3O. The molecule has 0 saturated heterocycles. The lowest BCUT2D eigenvalue weighted by atomic mass is 10.1. The van der Waals surface area contributed by atoms with Gasteiger partial charge in [-0.25, -0.2) is 4.39 Å². The summed E-state index contributed by atoms with van der Waals surface area (Å²) in [5.41, 5.74) is 2.66. The van der Waals surface area contributed by atoms with Gasteiger partial charge < -0.3 is 10.3 Å². The highest BCUT2D eigenvalue weighted by molar-refractivity contribution is 6.00. The van der Waals surface area contributed by atoms with E-state index in [0.717, 1.165) is 12.8 Å². The van der Waals surface area contributed by atoms with Crippen LogP contribution in [0.1, 0.15) is 37.0 Å². The Morgan fingerprint density at radius 1 is 1.53 bits per heavy atom. The first-order chi connectivity index (χ1) is 9.04. The van der Waals surface area contributed by atoms with Crippen LogP contribution in [0.15, 0.2) is 18.2 Å². The number of amides is 1. The molecule has 0 aromatic heterocycles. The van der Waals surface area contributed by atoms with E-state index in [1.165, 1.54) is 12.1 Å². The number of carbonyl (C=O) groups excluding carboxylic acids is 1. The summed E-state index contributed by atoms with van der Waals surface area (Å²) in [6, 6.07) is 4.72. The van der Waals surface area contributed by atoms with Crippen LogP contribution in [0.3, 0.4) is 0 Å². The zero-order chi connectivity index (χ0) is 14.0. The molecule has 0 aliphatic heterocycles. The number of nitrogens with one attached hydrogen (secondary N) is 1. The topological polar surface area (TPSA) is 58.4 Å². The number of nitrogens with two attached hydrogens (primary N) is 1. The van der Waals surface area contributed by atoms with Gasteiger partial charge in [0.1, 0.15) is 5.82 Å². The van der Waals surface area contributed by atoms with Gasteiger partial charge in [-0.3, -0.25) is 10.6 Å². The van der Waals surface area contributed by atoms with Gasteiger partial charge in [-0.05, 0) is 30.9 Å². The van der Waals surface area contributed by atoms with E-state index >= 15 is 0 Å². The van der Waals surface area contributed by atoms with E-state index in [4.69, 9.17) is 5.84 Å². The first kappa shape index (κ1) is 13.8. The predicted molar refractivity (Wildman–Crippen MR) is 73.1 cm³/mol. The molecule has 1 fully saturated rings. The van der Waals surface area contributed by atoms with Crippen molar-refractivity contribution < 1.29 is 9.18 Å². The highest BCUT2D eigenvalue weighted by Crippen LogP contribution is 2.30. The Labute approximate surface area is 112 Å². The molecule has 1 aromatic carbocycles. The molecule has 0 unspecified atom stereocenters. The third kappa shape index (κ3) is 3.04. The third-order valence-electron chi connectivity index (χ3n) is 3.20. The van der Waals surface area contributed by atoms with Crippen LogP contribution >= 0.6 is 0 Å². The number of hydrazine groups is 1. The van der Waals surface area contributed by atoms with Crippen molar-refractivity contribution in [1.82, 2.24) is 4.90 Å². The molecule has 0 heterocycles. The van der Waals surface area contributed by atoms with Crippen molar-refractivity contribution in [3.63, 3.8) is 0 Å². The van der Waals surface area contributed by atoms with Crippen LogP contribution < -0.4 is 11.3 Å². The molecule has 1 aromatic rings. The van der Waals surface area contributed by atoms with Crippen molar-refractivity contribution >= 4 is 11.6 Å². The second-order valence-electron chi connectivity index (χ2n) is 5.39. The highest BCUT2D eigenvalue weighted by atomic mass is 19.1. The monoisotopic (exact) mass is 265 g/mol. The van der Waals surface area contributed by atoms with Crippen LogP contribution in [0.5, 0.6) is 0 Å². The molecule has 5 heteroatoms. The van der Waals surface area contributed by atoms with Crippen molar-refractivity contribution in [2.24, 2.45) is 11.8 Å². The maximum absolute atomic E-state index is 13.6. The second-order valence-corrected chi connectivity index (χ2v) is 5.39. The maximum atomic E-state index is 13.6. The molecule has 104 valence electrons. The van der Waals surface area contributed by atoms with E-state index in [9.17, 15) is 9.18 Å². The molecule has 1 amide bonds. The van der Waals surface area contributed by atoms with Gasteiger partial charge in [-0.15, -0.1) is 0 Å². The van der Waals surface area contributed by atoms with Gasteiger partial charge in [-0.2, -0.15) is 0 Å². The summed E-state index contributed by atoms with van der Waals surface area (Å²) in [6.45, 7) is 4.82. The van der Waals surface area contributed by atoms with E-state index in [-0.39, 0.29) is 11.6 Å². The molecule has 1 aliphatic rings. The van der Waals surface area contributed by atoms with Crippen LogP contribution in [-0.2, 0) is 0 Å². The van der Waals surface area contributed by atoms with Gasteiger partial charge in [0.2, 0.25) is 0 Å². The average molecular weight is 265 g/mol. The first-order valence-corrected chi connectivity index (χ1v) is 6.60. The smallest absolute Gasteiger partial charge is 0.256 e. The van der Waals surface area contributed by atoms with E-state index in [1.54, 1.807) is 6.07 Å². The molecule has 3 N–H and O–H groups in total. The van der Waals surface area contributed by atoms with Gasteiger partial charge in [0, 0.05) is 12.6 Å². The Hall–Kier alpha value is -1.62. The van der Waals surface area contributed by atoms with Crippen LogP contribution in [0.4, 0.5) is 10.1 Å². The molecule has 0 radical (unpaired) electrons. The van der Waals surface area contributed by atoms with E-state index in [0.29, 0.717) is 24.1 Å². The molecular weight excluding hydrogens is 245 g/mol. The molecule has 2 rings (SSSR count). The van der Waals surface area contributed by atoms with Crippen LogP contribution in [0, 0.1) is 11.7 Å². The van der Waals surface area contributed by atoms with Crippen LogP contribution in [0.2, 0.25) is 0 Å². The van der Waals surface area contributed by atoms with Crippen LogP contribution in [0.25, 0.3) is 0 Å². The standard InChI is InChI=1S/C14H20FN3O/c1-9(2)8-18(10-6-7-10)14(19)11-4-3-5-12(15)13(11)17-16/h3-5,9-10,17H,6-8,16H2,1-2H3. The third-order valence-corrected chi connectivity index (χ3v) is 3.20. The number of benzene rings is 1. The number of anilines is 1. The van der Waals surface area contributed by atoms with Crippen molar-refractivity contribution in [3.05, 3.63) is 29.6 Å². The van der Waals surface area contributed by atoms with E-state index < -0.39 is 5.82 Å². The summed E-state index contributed by atoms with van der Waals surface area (Å²) in [6.07, 6.45) is 2.05. The largest absolute Gasteiger partial charge is 0.335 e. The molecule has 19 heavy (non-hydrogen) atoms. The lowest BCUT2D eigenvalue weighted by molar-refractivity contribution is 0.0723. The molecule has 4 nitrogen and oxygen atoms in total. The fourth-order valence-corrected chi connectivity index (χ4v) is 2.18. The molecule has 0 atom stereocenters. The average Bonchev–Trinajstić information content (AvgIpc) is 3.18. The lowest BCUT2D eigenvalue weighted by Gasteiger charge is -2.25. The van der Waals surface area contributed by atoms with Gasteiger partial charge >= 0.3 is 0 Å². The van der Waals surface area contributed by atoms with Gasteiger partial charge in [0.15, 0.2) is 0 Å². The number of hydrogen-bond donors (Lipinski definition) is 2. The summed E-state index contributed by atoms with van der Waals surface area (Å²) >= 11 is 0. The Morgan fingerprint density at radius 2 is 2.21 bits per heavy atom. The number of rotatable bonds is 5. The summed E-state index contributed by atoms with van der Waals surface area (Å²) in [4.78, 5) is 14.4. The Bertz CT molecular complexity index is 472. The fourth-order valence-electron chi connectivity index (χ4n) is 2.18. The predicted octanol–water partition coefficient (Wildman–Crippen LogP) is 2.37. The molecule has 1 saturated carbocycles. The number of nitrogen functional groups attached to an aromatic ring is 1. The summed E-state index contributed by atoms with van der Waals surface area (Å²) < 4.78 is 13.6. The number of carbonyl (C=O) groups is 1. The SMILES string of the molecule is CC(C)CN(C(=O)c1cccc(F)c1NN)C1CC1. The first-order valence-electron chi connectivity index (χ1n) is 6.60. The Kier molecular flexibility index (Phi) is 4.04. The normalized spacial score (nSPS) is 14.6. The van der Waals surface area contributed by atoms with Gasteiger partial charge in [0.05, 0.1) is 11.3 Å². The van der Waals surface area contributed by atoms with Gasteiger partial charge in [0.25, 0.3) is 5.91 Å². The fraction of sp³-hybridized carbons (Fsp3) is 0.500. The molecule has 1 aliphatic carbocycles. The van der Waals surface area contributed by atoms with E-state index in [1.807, 2.05) is 4.90 Å². The maximum Gasteiger partial charge on any atom is 0.256 e. The molecule has 0 bridgehead atoms. The van der Waals surface area contributed by atoms with Crippen LogP contribution in [-0.4, -0.2) is 23.4 Å². The summed E-state index contributed by atoms with van der Waals surface area (Å²) in [5, 5.41) is 0. The Balaban J connectivity index is 2.28. The number of para-hydroxylation sites is 1. The minimum absolute atomic E-state index is 0.0712. The van der Waals surface area contributed by atoms with Gasteiger partial charge in [-0.1, -0.05) is 19.9 Å². The highest BCUT2D eigenvalue weighted by Gasteiger charge is 2.34. The van der Waals surface area contributed by atoms with Crippen molar-refractivity contribution in [1.29, 1.82) is 0 Å². The summed E-state index contributed by atoms with van der Waals surface area (Å²) in [7, 11) is 0. The second kappa shape index (κ2) is 5.57. The number of nitrogens with zero attached hydrogens (tertiary/aromatic N) is 1. The number of halogens is 1. The minimum atomic E-state index is -0.506. The zero-order valence-corrected chi connectivity index (χ0v) is 11.3. The van der Waals surface area contributed by atoms with Crippen molar-refractivity contribution in [2.45, 2.75) is 32.7 Å². The number of hydrogen-bond acceptors (Lipinski definition) is 3. The minimum Gasteiger partial charge on any atom is -0.335 e. The van der Waals surface area contributed by atoms with Crippen molar-refractivity contribution in [2.75, 3.05) is 12.0 Å². The molecule has 0 spiro atoms.